The van der Waals surface area contributed by atoms with Crippen molar-refractivity contribution in [3.05, 3.63) is 71.8 Å². The zero-order valence-corrected chi connectivity index (χ0v) is 17.2. The van der Waals surface area contributed by atoms with E-state index in [4.69, 9.17) is 14.6 Å². The molecule has 0 saturated carbocycles. The molecule has 9 heteroatoms. The minimum absolute atomic E-state index is 0.00260. The molecule has 0 spiro atoms. The zero-order valence-electron chi connectivity index (χ0n) is 16.4. The van der Waals surface area contributed by atoms with Gasteiger partial charge in [0.2, 0.25) is 0 Å². The van der Waals surface area contributed by atoms with Crippen molar-refractivity contribution >= 4 is 11.8 Å². The fraction of sp³-hybridized carbons (Fsp3) is 0.364. The van der Waals surface area contributed by atoms with Gasteiger partial charge < -0.3 is 14.6 Å². The molecule has 168 valence electrons. The van der Waals surface area contributed by atoms with Crippen molar-refractivity contribution in [2.75, 3.05) is 19.8 Å². The molecule has 3 nitrogen and oxygen atoms in total. The first-order chi connectivity index (χ1) is 14.8. The Morgan fingerprint density at radius 1 is 1.16 bits per heavy atom. The van der Waals surface area contributed by atoms with Gasteiger partial charge in [0.1, 0.15) is 5.82 Å². The number of halogens is 5. The molecule has 3 rings (SSSR count). The summed E-state index contributed by atoms with van der Waals surface area (Å²) in [4.78, 5) is 0.457. The lowest BCUT2D eigenvalue weighted by Crippen LogP contribution is -2.37. The quantitative estimate of drug-likeness (QED) is 0.401. The minimum atomic E-state index is -4.47. The number of rotatable bonds is 8. The van der Waals surface area contributed by atoms with E-state index in [-0.39, 0.29) is 31.1 Å². The summed E-state index contributed by atoms with van der Waals surface area (Å²) in [7, 11) is 0. The van der Waals surface area contributed by atoms with Crippen LogP contribution in [0.15, 0.2) is 53.9 Å². The van der Waals surface area contributed by atoms with Gasteiger partial charge in [0.05, 0.1) is 31.5 Å². The fourth-order valence-electron chi connectivity index (χ4n) is 3.49. The molecule has 1 aliphatic heterocycles. The van der Waals surface area contributed by atoms with Gasteiger partial charge >= 0.3 is 6.18 Å². The van der Waals surface area contributed by atoms with Gasteiger partial charge in [-0.05, 0) is 42.8 Å². The molecular formula is C22H21F5O3S. The molecule has 2 aromatic rings. The molecule has 1 N–H and O–H groups in total. The highest BCUT2D eigenvalue weighted by Crippen LogP contribution is 2.51. The molecule has 1 unspecified atom stereocenters. The van der Waals surface area contributed by atoms with E-state index in [1.165, 1.54) is 12.1 Å². The molecule has 0 radical (unpaired) electrons. The highest BCUT2D eigenvalue weighted by molar-refractivity contribution is 7.99. The monoisotopic (exact) mass is 460 g/mol. The van der Waals surface area contributed by atoms with Gasteiger partial charge in [-0.3, -0.25) is 0 Å². The first kappa shape index (κ1) is 23.6. The van der Waals surface area contributed by atoms with Crippen LogP contribution in [0, 0.1) is 17.6 Å². The molecule has 0 aliphatic carbocycles. The summed E-state index contributed by atoms with van der Waals surface area (Å²) in [5, 5.41) is 8.43. The number of aliphatic hydroxyl groups is 1. The number of hydrogen-bond acceptors (Lipinski definition) is 4. The topological polar surface area (TPSA) is 38.7 Å². The average molecular weight is 460 g/mol. The predicted molar refractivity (Wildman–Crippen MR) is 107 cm³/mol. The molecule has 1 aliphatic rings. The molecule has 31 heavy (non-hydrogen) atoms. The van der Waals surface area contributed by atoms with Crippen LogP contribution in [0.4, 0.5) is 22.0 Å². The molecule has 1 heterocycles. The highest BCUT2D eigenvalue weighted by Gasteiger charge is 2.40. The van der Waals surface area contributed by atoms with E-state index in [0.29, 0.717) is 11.3 Å². The summed E-state index contributed by atoms with van der Waals surface area (Å²) in [6, 6.07) is 6.46. The molecular weight excluding hydrogens is 439 g/mol. The SMILES string of the molecule is C=CC[C@@H](OCCO)C1COc2c(F)ccc(F)c2[C@H]1Sc1ccc(C(F)(F)F)cc1. The normalized spacial score (nSPS) is 19.4. The van der Waals surface area contributed by atoms with Crippen molar-refractivity contribution in [2.24, 2.45) is 5.92 Å². The zero-order chi connectivity index (χ0) is 22.6. The minimum Gasteiger partial charge on any atom is -0.490 e. The standard InChI is InChI=1S/C22H21F5O3S/c1-2-3-18(29-11-10-28)15-12-30-20-17(24)9-8-16(23)19(20)21(15)31-14-6-4-13(5-7-14)22(25,26)27/h2,4-9,15,18,21,28H,1,3,10-12H2/t15?,18-,21+/m1/s1. The Bertz CT molecular complexity index is 901. The highest BCUT2D eigenvalue weighted by atomic mass is 32.2. The summed E-state index contributed by atoms with van der Waals surface area (Å²) in [5.41, 5.74) is -0.795. The maximum Gasteiger partial charge on any atom is 0.416 e. The van der Waals surface area contributed by atoms with Crippen LogP contribution in [-0.2, 0) is 10.9 Å². The maximum atomic E-state index is 14.8. The van der Waals surface area contributed by atoms with Crippen LogP contribution in [0.5, 0.6) is 5.75 Å². The van der Waals surface area contributed by atoms with Gasteiger partial charge in [-0.25, -0.2) is 8.78 Å². The van der Waals surface area contributed by atoms with Crippen LogP contribution in [0.3, 0.4) is 0 Å². The Labute approximate surface area is 180 Å². The van der Waals surface area contributed by atoms with E-state index < -0.39 is 40.6 Å². The van der Waals surface area contributed by atoms with Crippen LogP contribution in [0.25, 0.3) is 0 Å². The maximum absolute atomic E-state index is 14.8. The van der Waals surface area contributed by atoms with Crippen molar-refractivity contribution < 1.29 is 36.5 Å². The first-order valence-corrected chi connectivity index (χ1v) is 10.4. The largest absolute Gasteiger partial charge is 0.490 e. The third kappa shape index (κ3) is 5.39. The van der Waals surface area contributed by atoms with Gasteiger partial charge in [-0.15, -0.1) is 18.3 Å². The summed E-state index contributed by atoms with van der Waals surface area (Å²) < 4.78 is 79.0. The third-order valence-corrected chi connectivity index (χ3v) is 6.32. The Hall–Kier alpha value is -2.10. The van der Waals surface area contributed by atoms with E-state index >= 15 is 0 Å². The van der Waals surface area contributed by atoms with E-state index in [1.54, 1.807) is 6.08 Å². The lowest BCUT2D eigenvalue weighted by Gasteiger charge is -2.37. The van der Waals surface area contributed by atoms with E-state index in [0.717, 1.165) is 36.0 Å². The fourth-order valence-corrected chi connectivity index (χ4v) is 4.85. The molecule has 2 aromatic carbocycles. The number of thioether (sulfide) groups is 1. The smallest absolute Gasteiger partial charge is 0.416 e. The van der Waals surface area contributed by atoms with Gasteiger partial charge in [0.25, 0.3) is 0 Å². The lowest BCUT2D eigenvalue weighted by molar-refractivity contribution is -0.137. The molecule has 3 atom stereocenters. The Morgan fingerprint density at radius 3 is 2.45 bits per heavy atom. The molecule has 0 amide bonds. The lowest BCUT2D eigenvalue weighted by atomic mass is 9.89. The summed E-state index contributed by atoms with van der Waals surface area (Å²) >= 11 is 1.11. The Morgan fingerprint density at radius 2 is 1.84 bits per heavy atom. The molecule has 0 saturated heterocycles. The number of fused-ring (bicyclic) bond motifs is 1. The van der Waals surface area contributed by atoms with Crippen LogP contribution in [0.2, 0.25) is 0 Å². The van der Waals surface area contributed by atoms with Crippen molar-refractivity contribution in [1.29, 1.82) is 0 Å². The Kier molecular flexibility index (Phi) is 7.61. The average Bonchev–Trinajstić information content (AvgIpc) is 2.73. The van der Waals surface area contributed by atoms with Crippen molar-refractivity contribution in [2.45, 2.75) is 28.8 Å². The van der Waals surface area contributed by atoms with Gasteiger partial charge in [-0.1, -0.05) is 6.08 Å². The first-order valence-electron chi connectivity index (χ1n) is 9.54. The van der Waals surface area contributed by atoms with Crippen LogP contribution < -0.4 is 4.74 Å². The second-order valence-electron chi connectivity index (χ2n) is 6.96. The summed E-state index contributed by atoms with van der Waals surface area (Å²) in [5.74, 6) is -2.07. The van der Waals surface area contributed by atoms with E-state index in [2.05, 4.69) is 6.58 Å². The number of ether oxygens (including phenoxy) is 2. The van der Waals surface area contributed by atoms with Crippen molar-refractivity contribution in [1.82, 2.24) is 0 Å². The summed E-state index contributed by atoms with van der Waals surface area (Å²) in [6.45, 7) is 3.51. The van der Waals surface area contributed by atoms with E-state index in [1.807, 2.05) is 0 Å². The Balaban J connectivity index is 1.99. The van der Waals surface area contributed by atoms with Gasteiger partial charge in [-0.2, -0.15) is 13.2 Å². The van der Waals surface area contributed by atoms with Crippen molar-refractivity contribution in [3.8, 4) is 5.75 Å². The number of hydrogen-bond donors (Lipinski definition) is 1. The van der Waals surface area contributed by atoms with Gasteiger partial charge in [0, 0.05) is 21.6 Å². The molecule has 0 aromatic heterocycles. The van der Waals surface area contributed by atoms with Crippen molar-refractivity contribution in [3.63, 3.8) is 0 Å². The predicted octanol–water partition coefficient (Wildman–Crippen LogP) is 5.78. The molecule has 0 bridgehead atoms. The second-order valence-corrected chi connectivity index (χ2v) is 8.18. The van der Waals surface area contributed by atoms with Crippen LogP contribution in [0.1, 0.15) is 22.8 Å². The number of aliphatic hydroxyl groups excluding tert-OH is 1. The van der Waals surface area contributed by atoms with Gasteiger partial charge in [0.15, 0.2) is 11.6 Å². The number of alkyl halides is 3. The van der Waals surface area contributed by atoms with Crippen LogP contribution in [-0.4, -0.2) is 31.0 Å². The number of benzene rings is 2. The summed E-state index contributed by atoms with van der Waals surface area (Å²) in [6.07, 6.45) is -3.02. The third-order valence-electron chi connectivity index (χ3n) is 4.93. The molecule has 0 fully saturated rings. The van der Waals surface area contributed by atoms with Crippen LogP contribution >= 0.6 is 11.8 Å². The second kappa shape index (κ2) is 10.0. The van der Waals surface area contributed by atoms with E-state index in [9.17, 15) is 22.0 Å².